The van der Waals surface area contributed by atoms with Crippen LogP contribution < -0.4 is 5.69 Å². The zero-order valence-corrected chi connectivity index (χ0v) is 14.0. The number of hydrogen-bond acceptors (Lipinski definition) is 3. The van der Waals surface area contributed by atoms with Gasteiger partial charge in [0.1, 0.15) is 11.3 Å². The average Bonchev–Trinajstić information content (AvgIpc) is 3.39. The number of hydrogen-bond donors (Lipinski definition) is 3. The summed E-state index contributed by atoms with van der Waals surface area (Å²) in [7, 11) is 0. The van der Waals surface area contributed by atoms with Crippen molar-refractivity contribution in [3.8, 4) is 0 Å². The highest BCUT2D eigenvalue weighted by atomic mass is 16.2. The number of pyridine rings is 1. The van der Waals surface area contributed by atoms with Crippen molar-refractivity contribution in [2.24, 2.45) is 0 Å². The van der Waals surface area contributed by atoms with Crippen molar-refractivity contribution in [1.82, 2.24) is 29.4 Å². The quantitative estimate of drug-likeness (QED) is 0.515. The van der Waals surface area contributed by atoms with Crippen LogP contribution in [0.5, 0.6) is 0 Å². The summed E-state index contributed by atoms with van der Waals surface area (Å²) in [5.41, 5.74) is 2.74. The van der Waals surface area contributed by atoms with Crippen molar-refractivity contribution >= 4 is 28.0 Å². The number of carbonyl (C=O) groups is 1. The summed E-state index contributed by atoms with van der Waals surface area (Å²) in [6, 6.07) is 5.45. The minimum atomic E-state index is -0.158. The first kappa shape index (κ1) is 15.0. The van der Waals surface area contributed by atoms with Gasteiger partial charge in [-0.2, -0.15) is 0 Å². The Morgan fingerprint density at radius 1 is 1.23 bits per heavy atom. The Morgan fingerprint density at radius 2 is 2.15 bits per heavy atom. The fraction of sp³-hybridized carbons (Fsp3) is 0.278. The first-order valence-electron chi connectivity index (χ1n) is 8.71. The second-order valence-electron chi connectivity index (χ2n) is 6.69. The molecule has 0 saturated carbocycles. The van der Waals surface area contributed by atoms with Crippen molar-refractivity contribution in [3.63, 3.8) is 0 Å². The predicted molar refractivity (Wildman–Crippen MR) is 97.2 cm³/mol. The molecule has 0 aliphatic carbocycles. The molecule has 1 fully saturated rings. The average molecular weight is 350 g/mol. The number of carbonyl (C=O) groups excluding carboxylic acids is 1. The summed E-state index contributed by atoms with van der Waals surface area (Å²) in [5.74, 6) is -0.0268. The summed E-state index contributed by atoms with van der Waals surface area (Å²) in [6.07, 6.45) is 6.96. The van der Waals surface area contributed by atoms with Gasteiger partial charge in [0.25, 0.3) is 5.91 Å². The van der Waals surface area contributed by atoms with Gasteiger partial charge in [-0.05, 0) is 31.0 Å². The van der Waals surface area contributed by atoms with Crippen LogP contribution in [0.15, 0.2) is 41.6 Å². The molecule has 5 heterocycles. The number of aromatic amines is 3. The first-order chi connectivity index (χ1) is 12.7. The number of nitrogens with zero attached hydrogens (tertiary/aromatic N) is 3. The Kier molecular flexibility index (Phi) is 3.24. The van der Waals surface area contributed by atoms with E-state index >= 15 is 0 Å². The van der Waals surface area contributed by atoms with E-state index in [1.165, 1.54) is 0 Å². The van der Waals surface area contributed by atoms with Crippen LogP contribution in [0.1, 0.15) is 29.4 Å². The summed E-state index contributed by atoms with van der Waals surface area (Å²) in [6.45, 7) is 1.21. The standard InChI is InChI=1S/C18H18N6O2/c25-17(13-4-1-6-19-13)23-8-2-3-11(10-23)24-15-12-5-7-20-16(12)21-9-14(15)22-18(24)26/h1,4-7,9,11,19H,2-3,8,10H2,(H,20,21)(H,22,26)/t11-/m1/s1. The highest BCUT2D eigenvalue weighted by Gasteiger charge is 2.28. The zero-order chi connectivity index (χ0) is 17.7. The Bertz CT molecular complexity index is 1150. The molecular weight excluding hydrogens is 332 g/mol. The number of aromatic nitrogens is 5. The highest BCUT2D eigenvalue weighted by molar-refractivity contribution is 6.01. The van der Waals surface area contributed by atoms with E-state index in [2.05, 4.69) is 19.9 Å². The molecule has 4 aromatic heterocycles. The van der Waals surface area contributed by atoms with Crippen LogP contribution >= 0.6 is 0 Å². The molecule has 132 valence electrons. The predicted octanol–water partition coefficient (Wildman–Crippen LogP) is 2.01. The third kappa shape index (κ3) is 2.18. The minimum absolute atomic E-state index is 0.0268. The van der Waals surface area contributed by atoms with Crippen LogP contribution in [-0.2, 0) is 0 Å². The molecular formula is C18H18N6O2. The maximum Gasteiger partial charge on any atom is 0.326 e. The zero-order valence-electron chi connectivity index (χ0n) is 14.0. The first-order valence-corrected chi connectivity index (χ1v) is 8.71. The van der Waals surface area contributed by atoms with Gasteiger partial charge in [0.2, 0.25) is 0 Å². The maximum absolute atomic E-state index is 12.7. The number of H-pyrrole nitrogens is 3. The van der Waals surface area contributed by atoms with Crippen LogP contribution in [0.25, 0.3) is 22.1 Å². The molecule has 5 rings (SSSR count). The van der Waals surface area contributed by atoms with E-state index in [1.54, 1.807) is 23.0 Å². The summed E-state index contributed by atoms with van der Waals surface area (Å²) in [4.78, 5) is 40.5. The summed E-state index contributed by atoms with van der Waals surface area (Å²) < 4.78 is 1.79. The van der Waals surface area contributed by atoms with Gasteiger partial charge >= 0.3 is 5.69 Å². The number of likely N-dealkylation sites (tertiary alicyclic amines) is 1. The van der Waals surface area contributed by atoms with E-state index in [1.807, 2.05) is 23.2 Å². The monoisotopic (exact) mass is 350 g/mol. The van der Waals surface area contributed by atoms with Gasteiger partial charge < -0.3 is 19.9 Å². The lowest BCUT2D eigenvalue weighted by molar-refractivity contribution is 0.0674. The van der Waals surface area contributed by atoms with Crippen molar-refractivity contribution in [1.29, 1.82) is 0 Å². The lowest BCUT2D eigenvalue weighted by Gasteiger charge is -2.33. The molecule has 1 amide bonds. The molecule has 0 unspecified atom stereocenters. The SMILES string of the molecule is O=C(c1ccc[nH]1)N1CCC[C@@H](n2c(=O)[nH]c3cnc4[nH]ccc4c32)C1. The maximum atomic E-state index is 12.7. The Labute approximate surface area is 147 Å². The van der Waals surface area contributed by atoms with Crippen molar-refractivity contribution in [2.75, 3.05) is 13.1 Å². The molecule has 1 aliphatic rings. The van der Waals surface area contributed by atoms with Crippen molar-refractivity contribution in [3.05, 3.63) is 53.0 Å². The van der Waals surface area contributed by atoms with Gasteiger partial charge in [-0.3, -0.25) is 9.36 Å². The number of rotatable bonds is 2. The highest BCUT2D eigenvalue weighted by Crippen LogP contribution is 2.28. The molecule has 1 aliphatic heterocycles. The Hall–Kier alpha value is -3.29. The van der Waals surface area contributed by atoms with Gasteiger partial charge in [-0.1, -0.05) is 0 Å². The van der Waals surface area contributed by atoms with Crippen molar-refractivity contribution < 1.29 is 4.79 Å². The fourth-order valence-corrected chi connectivity index (χ4v) is 3.95. The van der Waals surface area contributed by atoms with E-state index in [-0.39, 0.29) is 17.6 Å². The molecule has 8 heteroatoms. The Morgan fingerprint density at radius 3 is 3.00 bits per heavy atom. The molecule has 0 aromatic carbocycles. The lowest BCUT2D eigenvalue weighted by Crippen LogP contribution is -2.42. The summed E-state index contributed by atoms with van der Waals surface area (Å²) >= 11 is 0. The molecule has 1 saturated heterocycles. The second kappa shape index (κ2) is 5.62. The molecule has 8 nitrogen and oxygen atoms in total. The Balaban J connectivity index is 1.57. The summed E-state index contributed by atoms with van der Waals surface area (Å²) in [5, 5.41) is 0.911. The number of fused-ring (bicyclic) bond motifs is 3. The van der Waals surface area contributed by atoms with E-state index in [0.717, 1.165) is 34.9 Å². The van der Waals surface area contributed by atoms with Gasteiger partial charge in [0, 0.05) is 30.9 Å². The van der Waals surface area contributed by atoms with Crippen molar-refractivity contribution in [2.45, 2.75) is 18.9 Å². The molecule has 0 spiro atoms. The van der Waals surface area contributed by atoms with Crippen LogP contribution in [0.3, 0.4) is 0 Å². The number of imidazole rings is 1. The molecule has 4 aromatic rings. The normalized spacial score (nSPS) is 18.0. The van der Waals surface area contributed by atoms with Gasteiger partial charge in [-0.15, -0.1) is 0 Å². The van der Waals surface area contributed by atoms with Gasteiger partial charge in [0.05, 0.1) is 23.3 Å². The number of piperidine rings is 1. The van der Waals surface area contributed by atoms with Crippen LogP contribution in [0.2, 0.25) is 0 Å². The molecule has 0 radical (unpaired) electrons. The smallest absolute Gasteiger partial charge is 0.326 e. The second-order valence-corrected chi connectivity index (χ2v) is 6.69. The topological polar surface area (TPSA) is 103 Å². The van der Waals surface area contributed by atoms with Crippen LogP contribution in [-0.4, -0.2) is 48.4 Å². The molecule has 3 N–H and O–H groups in total. The minimum Gasteiger partial charge on any atom is -0.357 e. The molecule has 1 atom stereocenters. The number of amides is 1. The third-order valence-corrected chi connectivity index (χ3v) is 5.14. The number of nitrogens with one attached hydrogen (secondary N) is 3. The van der Waals surface area contributed by atoms with Crippen LogP contribution in [0, 0.1) is 0 Å². The van der Waals surface area contributed by atoms with Gasteiger partial charge in [-0.25, -0.2) is 9.78 Å². The van der Waals surface area contributed by atoms with E-state index in [4.69, 9.17) is 0 Å². The molecule has 26 heavy (non-hydrogen) atoms. The van der Waals surface area contributed by atoms with E-state index in [9.17, 15) is 9.59 Å². The fourth-order valence-electron chi connectivity index (χ4n) is 3.95. The van der Waals surface area contributed by atoms with E-state index < -0.39 is 0 Å². The largest absolute Gasteiger partial charge is 0.357 e. The van der Waals surface area contributed by atoms with E-state index in [0.29, 0.717) is 18.8 Å². The third-order valence-electron chi connectivity index (χ3n) is 5.14. The molecule has 0 bridgehead atoms. The lowest BCUT2D eigenvalue weighted by atomic mass is 10.0. The van der Waals surface area contributed by atoms with Crippen LogP contribution in [0.4, 0.5) is 0 Å². The van der Waals surface area contributed by atoms with Gasteiger partial charge in [0.15, 0.2) is 0 Å².